The van der Waals surface area contributed by atoms with Crippen molar-refractivity contribution in [1.29, 1.82) is 0 Å². The van der Waals surface area contributed by atoms with Gasteiger partial charge in [0.05, 0.1) is 26.6 Å². The maximum absolute atomic E-state index is 8.88. The number of rotatable bonds is 7. The summed E-state index contributed by atoms with van der Waals surface area (Å²) in [5.41, 5.74) is 2.92. The standard InChI is InChI=1S/C16H22NO.C5H13NO3.C2H6.Y/c1-18-14-8-7-12-9-10-17-16(15(12)11-14)13-5-3-2-4-6-13;1-9-3-5(8)2-6-4-7;1-2;/h7-8,11,13,16H,2-6,9-10H2,1H3;5-8H,2-4H2,1H3;1-2H3;/q-1;;;. The summed E-state index contributed by atoms with van der Waals surface area (Å²) in [4.78, 5) is 0. The molecule has 1 aliphatic carbocycles. The van der Waals surface area contributed by atoms with Gasteiger partial charge in [-0.15, -0.1) is 12.6 Å². The number of nitrogens with one attached hydrogen (secondary N) is 1. The molecule has 171 valence electrons. The Bertz CT molecular complexity index is 542. The Kier molecular flexibility index (Phi) is 18.4. The number of aliphatic hydroxyl groups excluding tert-OH is 2. The molecule has 0 aromatic heterocycles. The Labute approximate surface area is 208 Å². The van der Waals surface area contributed by atoms with E-state index in [1.807, 2.05) is 13.8 Å². The maximum atomic E-state index is 8.88. The Morgan fingerprint density at radius 3 is 2.47 bits per heavy atom. The van der Waals surface area contributed by atoms with Crippen LogP contribution < -0.4 is 10.1 Å². The van der Waals surface area contributed by atoms with Gasteiger partial charge < -0.3 is 25.0 Å². The van der Waals surface area contributed by atoms with Crippen molar-refractivity contribution < 1.29 is 52.4 Å². The fourth-order valence-electron chi connectivity index (χ4n) is 3.96. The molecule has 3 rings (SSSR count). The molecule has 2 aliphatic rings. The van der Waals surface area contributed by atoms with Crippen LogP contribution in [0.2, 0.25) is 0 Å². The molecule has 1 aromatic rings. The van der Waals surface area contributed by atoms with Gasteiger partial charge >= 0.3 is 0 Å². The van der Waals surface area contributed by atoms with Crippen LogP contribution in [0.25, 0.3) is 5.32 Å². The molecule has 7 heteroatoms. The largest absolute Gasteiger partial charge is 0.655 e. The molecule has 30 heavy (non-hydrogen) atoms. The first-order valence-corrected chi connectivity index (χ1v) is 11.0. The van der Waals surface area contributed by atoms with Gasteiger partial charge in [0.25, 0.3) is 0 Å². The minimum absolute atomic E-state index is 0. The van der Waals surface area contributed by atoms with Crippen LogP contribution in [0.3, 0.4) is 0 Å². The van der Waals surface area contributed by atoms with E-state index < -0.39 is 6.10 Å². The predicted molar refractivity (Wildman–Crippen MR) is 119 cm³/mol. The molecule has 0 amide bonds. The molecule has 1 fully saturated rings. The number of aliphatic hydroxyl groups is 2. The fourth-order valence-corrected chi connectivity index (χ4v) is 3.96. The number of nitrogens with zero attached hydrogens (tertiary/aromatic N) is 1. The van der Waals surface area contributed by atoms with Gasteiger partial charge in [0.2, 0.25) is 0 Å². The van der Waals surface area contributed by atoms with Crippen LogP contribution in [0.15, 0.2) is 18.2 Å². The summed E-state index contributed by atoms with van der Waals surface area (Å²) in [5, 5.41) is 24.6. The third kappa shape index (κ3) is 10.5. The Hall–Kier alpha value is -0.0761. The van der Waals surface area contributed by atoms with Crippen molar-refractivity contribution in [2.24, 2.45) is 5.92 Å². The number of hydrogen-bond acceptors (Lipinski definition) is 5. The van der Waals surface area contributed by atoms with Crippen molar-refractivity contribution in [3.8, 4) is 5.75 Å². The van der Waals surface area contributed by atoms with Gasteiger partial charge in [0, 0.05) is 46.4 Å². The summed E-state index contributed by atoms with van der Waals surface area (Å²) in [7, 11) is 3.26. The second-order valence-electron chi connectivity index (χ2n) is 7.29. The van der Waals surface area contributed by atoms with Gasteiger partial charge in [-0.3, -0.25) is 5.32 Å². The summed E-state index contributed by atoms with van der Waals surface area (Å²) in [5.74, 6) is 1.75. The van der Waals surface area contributed by atoms with E-state index in [1.165, 1.54) is 50.3 Å². The summed E-state index contributed by atoms with van der Waals surface area (Å²) >= 11 is 0. The number of benzene rings is 1. The van der Waals surface area contributed by atoms with Gasteiger partial charge in [-0.25, -0.2) is 0 Å². The van der Waals surface area contributed by atoms with Crippen LogP contribution in [-0.2, 0) is 43.9 Å². The summed E-state index contributed by atoms with van der Waals surface area (Å²) < 4.78 is 10.0. The molecule has 2 atom stereocenters. The molecule has 1 heterocycles. The number of ether oxygens (including phenoxy) is 2. The van der Waals surface area contributed by atoms with Crippen LogP contribution in [0, 0.1) is 5.92 Å². The van der Waals surface area contributed by atoms with E-state index in [1.54, 1.807) is 7.11 Å². The van der Waals surface area contributed by atoms with E-state index in [-0.39, 0.29) is 39.4 Å². The Morgan fingerprint density at radius 1 is 1.17 bits per heavy atom. The van der Waals surface area contributed by atoms with Gasteiger partial charge in [-0.2, -0.15) is 0 Å². The van der Waals surface area contributed by atoms with Crippen LogP contribution in [0.5, 0.6) is 5.75 Å². The molecule has 0 spiro atoms. The molecule has 3 N–H and O–H groups in total. The van der Waals surface area contributed by atoms with Crippen molar-refractivity contribution in [3.63, 3.8) is 0 Å². The average molecular weight is 498 g/mol. The van der Waals surface area contributed by atoms with E-state index >= 15 is 0 Å². The fraction of sp³-hybridized carbons (Fsp3) is 0.739. The zero-order valence-corrected chi connectivity index (χ0v) is 22.1. The Morgan fingerprint density at radius 2 is 1.87 bits per heavy atom. The van der Waals surface area contributed by atoms with Crippen molar-refractivity contribution in [2.75, 3.05) is 40.6 Å². The maximum Gasteiger partial charge on any atom is 0.119 e. The molecule has 0 bridgehead atoms. The van der Waals surface area contributed by atoms with Gasteiger partial charge in [0.15, 0.2) is 0 Å². The van der Waals surface area contributed by atoms with Gasteiger partial charge in [-0.05, 0) is 24.1 Å². The minimum Gasteiger partial charge on any atom is -0.655 e. The molecule has 1 aromatic carbocycles. The van der Waals surface area contributed by atoms with Crippen molar-refractivity contribution in [1.82, 2.24) is 5.32 Å². The molecule has 1 aliphatic heterocycles. The van der Waals surface area contributed by atoms with E-state index in [9.17, 15) is 0 Å². The normalized spacial score (nSPS) is 19.1. The SMILES string of the molecule is CC.COCC(O)CNCO.COc1ccc2c(c1)C(C1CCCCC1)[N-]CC2.[Y]. The van der Waals surface area contributed by atoms with Crippen molar-refractivity contribution in [2.45, 2.75) is 64.5 Å². The van der Waals surface area contributed by atoms with Gasteiger partial charge in [0.1, 0.15) is 5.75 Å². The predicted octanol–water partition coefficient (Wildman–Crippen LogP) is 3.80. The summed E-state index contributed by atoms with van der Waals surface area (Å²) in [6, 6.07) is 6.97. The Balaban J connectivity index is 0.000000604. The number of methoxy groups -OCH3 is 2. The zero-order valence-electron chi connectivity index (χ0n) is 19.3. The van der Waals surface area contributed by atoms with Crippen LogP contribution in [0.1, 0.15) is 63.1 Å². The smallest absolute Gasteiger partial charge is 0.119 e. The van der Waals surface area contributed by atoms with E-state index in [2.05, 4.69) is 28.3 Å². The summed E-state index contributed by atoms with van der Waals surface area (Å²) in [6.07, 6.45) is 7.46. The molecular formula is C23H41N2O4Y-. The molecule has 6 nitrogen and oxygen atoms in total. The van der Waals surface area contributed by atoms with Crippen molar-refractivity contribution in [3.05, 3.63) is 34.6 Å². The molecular weight excluding hydrogens is 457 g/mol. The second kappa shape index (κ2) is 18.5. The van der Waals surface area contributed by atoms with Gasteiger partial charge in [-0.1, -0.05) is 63.5 Å². The minimum atomic E-state index is -0.526. The van der Waals surface area contributed by atoms with E-state index in [0.29, 0.717) is 19.2 Å². The van der Waals surface area contributed by atoms with Crippen LogP contribution >= 0.6 is 0 Å². The van der Waals surface area contributed by atoms with E-state index in [4.69, 9.17) is 20.3 Å². The van der Waals surface area contributed by atoms with Crippen LogP contribution in [-0.4, -0.2) is 57.0 Å². The third-order valence-electron chi connectivity index (χ3n) is 5.33. The topological polar surface area (TPSA) is 85.1 Å². The number of hydrogen-bond donors (Lipinski definition) is 3. The zero-order chi connectivity index (χ0) is 21.5. The molecule has 2 unspecified atom stereocenters. The first kappa shape index (κ1) is 29.9. The van der Waals surface area contributed by atoms with Crippen LogP contribution in [0.4, 0.5) is 0 Å². The number of fused-ring (bicyclic) bond motifs is 1. The molecule has 0 saturated heterocycles. The molecule has 1 saturated carbocycles. The van der Waals surface area contributed by atoms with Crippen molar-refractivity contribution >= 4 is 0 Å². The average Bonchev–Trinajstić information content (AvgIpc) is 2.79. The quantitative estimate of drug-likeness (QED) is 0.498. The first-order valence-electron chi connectivity index (χ1n) is 11.0. The second-order valence-corrected chi connectivity index (χ2v) is 7.29. The monoisotopic (exact) mass is 498 g/mol. The summed E-state index contributed by atoms with van der Waals surface area (Å²) in [6.45, 7) is 5.55. The molecule has 1 radical (unpaired) electrons. The third-order valence-corrected chi connectivity index (χ3v) is 5.33. The van der Waals surface area contributed by atoms with E-state index in [0.717, 1.165) is 24.6 Å². The first-order chi connectivity index (χ1) is 14.2.